The maximum Gasteiger partial charge on any atom is 0.352 e. The summed E-state index contributed by atoms with van der Waals surface area (Å²) in [5.74, 6) is -1.94. The highest BCUT2D eigenvalue weighted by atomic mass is 32.2. The zero-order valence-corrected chi connectivity index (χ0v) is 13.6. The molecule has 2 aliphatic heterocycles. The van der Waals surface area contributed by atoms with E-state index in [4.69, 9.17) is 10.8 Å². The number of thiazole rings is 1. The number of rotatable bonds is 5. The number of carboxylic acids is 1. The van der Waals surface area contributed by atoms with Crippen LogP contribution in [0.2, 0.25) is 0 Å². The van der Waals surface area contributed by atoms with Crippen LogP contribution in [0.4, 0.5) is 5.13 Å². The van der Waals surface area contributed by atoms with Crippen LogP contribution in [0.1, 0.15) is 11.7 Å². The van der Waals surface area contributed by atoms with Gasteiger partial charge in [-0.05, 0) is 6.08 Å². The fourth-order valence-corrected chi connectivity index (χ4v) is 4.25. The van der Waals surface area contributed by atoms with E-state index in [1.165, 1.54) is 23.2 Å². The summed E-state index contributed by atoms with van der Waals surface area (Å²) in [6, 6.07) is -2.04. The number of carbonyl (C=O) groups is 3. The SMILES string of the molecule is Nc1nc(C(NO)C(=O)NC2C(=O)N3C(C(=O)O)=CCS[C@H]23)cs1. The smallest absolute Gasteiger partial charge is 0.352 e. The summed E-state index contributed by atoms with van der Waals surface area (Å²) in [4.78, 5) is 40.7. The lowest BCUT2D eigenvalue weighted by atomic mass is 10.0. The minimum absolute atomic E-state index is 0.0849. The van der Waals surface area contributed by atoms with Gasteiger partial charge in [0.25, 0.3) is 5.91 Å². The Balaban J connectivity index is 1.71. The van der Waals surface area contributed by atoms with E-state index in [0.29, 0.717) is 5.75 Å². The molecule has 0 saturated carbocycles. The van der Waals surface area contributed by atoms with Gasteiger partial charge in [-0.1, -0.05) is 0 Å². The van der Waals surface area contributed by atoms with Crippen LogP contribution in [-0.2, 0) is 14.4 Å². The lowest BCUT2D eigenvalue weighted by Crippen LogP contribution is -2.70. The molecule has 12 heteroatoms. The first kappa shape index (κ1) is 16.7. The molecule has 6 N–H and O–H groups in total. The molecule has 3 heterocycles. The van der Waals surface area contributed by atoms with Gasteiger partial charge in [-0.15, -0.1) is 23.1 Å². The first-order valence-corrected chi connectivity index (χ1v) is 8.66. The number of aromatic nitrogens is 1. The monoisotopic (exact) mass is 371 g/mol. The fourth-order valence-electron chi connectivity index (χ4n) is 2.47. The zero-order valence-electron chi connectivity index (χ0n) is 12.0. The van der Waals surface area contributed by atoms with Crippen molar-refractivity contribution in [2.45, 2.75) is 17.5 Å². The molecule has 0 aromatic carbocycles. The Hall–Kier alpha value is -2.15. The number of nitrogens with one attached hydrogen (secondary N) is 2. The third-order valence-electron chi connectivity index (χ3n) is 3.59. The summed E-state index contributed by atoms with van der Waals surface area (Å²) in [6.45, 7) is 0. The Bertz CT molecular complexity index is 735. The third-order valence-corrected chi connectivity index (χ3v) is 5.47. The molecule has 0 spiro atoms. The number of hydroxylamine groups is 1. The summed E-state index contributed by atoms with van der Waals surface area (Å²) >= 11 is 2.45. The standard InChI is InChI=1S/C12H13N5O5S2/c13-12-14-4(3-24-12)6(16-22)8(18)15-7-9(19)17-5(11(20)21)1-2-23-10(7)17/h1,3,6-7,10,16,22H,2H2,(H2,13,14)(H,15,18)(H,20,21)/t6?,7?,10-/m1/s1. The van der Waals surface area contributed by atoms with Crippen molar-refractivity contribution in [3.05, 3.63) is 22.8 Å². The van der Waals surface area contributed by atoms with Crippen molar-refractivity contribution in [3.63, 3.8) is 0 Å². The van der Waals surface area contributed by atoms with Gasteiger partial charge in [0.1, 0.15) is 17.1 Å². The van der Waals surface area contributed by atoms with Crippen LogP contribution in [0, 0.1) is 0 Å². The number of β-lactam (4-membered cyclic amide) rings is 1. The van der Waals surface area contributed by atoms with Gasteiger partial charge >= 0.3 is 5.97 Å². The van der Waals surface area contributed by atoms with Gasteiger partial charge in [-0.2, -0.15) is 5.48 Å². The topological polar surface area (TPSA) is 158 Å². The van der Waals surface area contributed by atoms with Crippen molar-refractivity contribution in [1.82, 2.24) is 20.7 Å². The maximum atomic E-state index is 12.3. The molecule has 1 aromatic rings. The summed E-state index contributed by atoms with van der Waals surface area (Å²) in [5, 5.41) is 22.1. The molecule has 2 amide bonds. The van der Waals surface area contributed by atoms with E-state index < -0.39 is 35.2 Å². The lowest BCUT2D eigenvalue weighted by molar-refractivity contribution is -0.151. The van der Waals surface area contributed by atoms with Crippen molar-refractivity contribution in [3.8, 4) is 0 Å². The molecular weight excluding hydrogens is 358 g/mol. The first-order valence-electron chi connectivity index (χ1n) is 6.73. The molecule has 3 atom stereocenters. The predicted octanol–water partition coefficient (Wildman–Crippen LogP) is -0.886. The van der Waals surface area contributed by atoms with Gasteiger partial charge in [-0.3, -0.25) is 14.5 Å². The number of anilines is 1. The molecule has 24 heavy (non-hydrogen) atoms. The number of nitrogen functional groups attached to an aromatic ring is 1. The average Bonchev–Trinajstić information content (AvgIpc) is 2.98. The van der Waals surface area contributed by atoms with E-state index in [-0.39, 0.29) is 16.5 Å². The molecule has 1 aromatic heterocycles. The number of fused-ring (bicyclic) bond motifs is 1. The average molecular weight is 371 g/mol. The molecule has 0 aliphatic carbocycles. The number of aliphatic carboxylic acids is 1. The van der Waals surface area contributed by atoms with Gasteiger partial charge in [0.15, 0.2) is 11.2 Å². The van der Waals surface area contributed by atoms with Gasteiger partial charge in [-0.25, -0.2) is 9.78 Å². The fraction of sp³-hybridized carbons (Fsp3) is 0.333. The van der Waals surface area contributed by atoms with Crippen LogP contribution in [-0.4, -0.2) is 55.1 Å². The number of thioether (sulfide) groups is 1. The second kappa shape index (κ2) is 6.39. The summed E-state index contributed by atoms with van der Waals surface area (Å²) < 4.78 is 0. The third kappa shape index (κ3) is 2.73. The van der Waals surface area contributed by atoms with E-state index in [9.17, 15) is 19.6 Å². The molecule has 1 fully saturated rings. The minimum atomic E-state index is -1.19. The van der Waals surface area contributed by atoms with E-state index in [0.717, 1.165) is 16.2 Å². The quantitative estimate of drug-likeness (QED) is 0.327. The molecule has 2 unspecified atom stereocenters. The van der Waals surface area contributed by atoms with Gasteiger partial charge < -0.3 is 21.4 Å². The number of carboxylic acid groups (broad SMARTS) is 1. The molecular formula is C12H13N5O5S2. The summed E-state index contributed by atoms with van der Waals surface area (Å²) in [7, 11) is 0. The van der Waals surface area contributed by atoms with E-state index in [1.54, 1.807) is 0 Å². The molecule has 0 radical (unpaired) electrons. The van der Waals surface area contributed by atoms with Crippen LogP contribution in [0.3, 0.4) is 0 Å². The highest BCUT2D eigenvalue weighted by Crippen LogP contribution is 2.37. The molecule has 2 aliphatic rings. The number of carbonyl (C=O) groups excluding carboxylic acids is 2. The van der Waals surface area contributed by atoms with Crippen molar-refractivity contribution < 1.29 is 24.7 Å². The number of nitrogens with two attached hydrogens (primary N) is 1. The number of hydrogen-bond acceptors (Lipinski definition) is 9. The zero-order chi connectivity index (χ0) is 17.4. The van der Waals surface area contributed by atoms with Crippen LogP contribution in [0.15, 0.2) is 17.2 Å². The summed E-state index contributed by atoms with van der Waals surface area (Å²) in [5.41, 5.74) is 7.48. The van der Waals surface area contributed by atoms with Crippen LogP contribution in [0.5, 0.6) is 0 Å². The Morgan fingerprint density at radius 1 is 1.50 bits per heavy atom. The Labute approximate surface area is 143 Å². The van der Waals surface area contributed by atoms with E-state index >= 15 is 0 Å². The van der Waals surface area contributed by atoms with Crippen molar-refractivity contribution in [2.24, 2.45) is 0 Å². The predicted molar refractivity (Wildman–Crippen MR) is 84.9 cm³/mol. The van der Waals surface area contributed by atoms with E-state index in [2.05, 4.69) is 10.3 Å². The van der Waals surface area contributed by atoms with Crippen LogP contribution >= 0.6 is 23.1 Å². The van der Waals surface area contributed by atoms with Crippen molar-refractivity contribution in [2.75, 3.05) is 11.5 Å². The molecule has 128 valence electrons. The second-order valence-electron chi connectivity index (χ2n) is 4.99. The Morgan fingerprint density at radius 2 is 2.25 bits per heavy atom. The lowest BCUT2D eigenvalue weighted by Gasteiger charge is -2.48. The highest BCUT2D eigenvalue weighted by Gasteiger charge is 2.53. The largest absolute Gasteiger partial charge is 0.477 e. The number of amides is 2. The second-order valence-corrected chi connectivity index (χ2v) is 7.02. The van der Waals surface area contributed by atoms with Crippen molar-refractivity contribution >= 4 is 46.0 Å². The normalized spacial score (nSPS) is 23.8. The molecule has 10 nitrogen and oxygen atoms in total. The van der Waals surface area contributed by atoms with Gasteiger partial charge in [0.2, 0.25) is 5.91 Å². The number of nitrogens with zero attached hydrogens (tertiary/aromatic N) is 2. The summed E-state index contributed by atoms with van der Waals surface area (Å²) in [6.07, 6.45) is 1.45. The molecule has 0 bridgehead atoms. The highest BCUT2D eigenvalue weighted by molar-refractivity contribution is 8.00. The first-order chi connectivity index (χ1) is 11.4. The Morgan fingerprint density at radius 3 is 2.83 bits per heavy atom. The van der Waals surface area contributed by atoms with Crippen molar-refractivity contribution in [1.29, 1.82) is 0 Å². The molecule has 1 saturated heterocycles. The van der Waals surface area contributed by atoms with Gasteiger partial charge in [0.05, 0.1) is 5.69 Å². The van der Waals surface area contributed by atoms with Crippen LogP contribution < -0.4 is 16.5 Å². The molecule has 3 rings (SSSR count). The van der Waals surface area contributed by atoms with E-state index in [1.807, 2.05) is 5.48 Å². The van der Waals surface area contributed by atoms with Crippen LogP contribution in [0.25, 0.3) is 0 Å². The maximum absolute atomic E-state index is 12.3. The van der Waals surface area contributed by atoms with Gasteiger partial charge in [0, 0.05) is 11.1 Å². The minimum Gasteiger partial charge on any atom is -0.477 e. The number of hydrogen-bond donors (Lipinski definition) is 5. The Kier molecular flexibility index (Phi) is 4.45.